The third kappa shape index (κ3) is 15.1. The summed E-state index contributed by atoms with van der Waals surface area (Å²) in [6.07, 6.45) is 8.29. The van der Waals surface area contributed by atoms with Gasteiger partial charge >= 0.3 is 0 Å². The van der Waals surface area contributed by atoms with Crippen LogP contribution < -0.4 is 10.6 Å². The average molecular weight is 318 g/mol. The largest absolute Gasteiger partial charge is 0.320 e. The predicted molar refractivity (Wildman–Crippen MR) is 79.8 cm³/mol. The fourth-order valence-corrected chi connectivity index (χ4v) is 1.44. The molecule has 0 aromatic heterocycles. The minimum Gasteiger partial charge on any atom is -0.320 e. The third-order valence-electron chi connectivity index (χ3n) is 2.28. The molecule has 0 rings (SSSR count). The highest BCUT2D eigenvalue weighted by Gasteiger charge is 1.90. The van der Waals surface area contributed by atoms with Gasteiger partial charge in [-0.2, -0.15) is 0 Å². The maximum Gasteiger partial charge on any atom is 0 e. The molecule has 2 N–H and O–H groups in total. The summed E-state index contributed by atoms with van der Waals surface area (Å²) in [7, 11) is 2.02. The van der Waals surface area contributed by atoms with Gasteiger partial charge in [0.2, 0.25) is 0 Å². The van der Waals surface area contributed by atoms with Crippen LogP contribution in [-0.2, 0) is 0 Å². The van der Waals surface area contributed by atoms with E-state index >= 15 is 0 Å². The number of nitrogens with one attached hydrogen (secondary N) is 2. The zero-order valence-corrected chi connectivity index (χ0v) is 12.1. The maximum absolute atomic E-state index is 3.35. The van der Waals surface area contributed by atoms with Gasteiger partial charge in [0.15, 0.2) is 0 Å². The lowest BCUT2D eigenvalue weighted by Gasteiger charge is -2.02. The molecule has 0 fully saturated rings. The molecule has 0 aliphatic rings. The van der Waals surface area contributed by atoms with E-state index in [1.165, 1.54) is 51.6 Å². The van der Waals surface area contributed by atoms with Crippen LogP contribution in [0.25, 0.3) is 0 Å². The Morgan fingerprint density at radius 3 is 1.86 bits per heavy atom. The van der Waals surface area contributed by atoms with E-state index in [-0.39, 0.29) is 26.8 Å². The molecule has 2 nitrogen and oxygen atoms in total. The molecule has 0 saturated carbocycles. The predicted octanol–water partition coefficient (Wildman–Crippen LogP) is 3.27. The Kier molecular flexibility index (Phi) is 19.6. The number of halogens is 1. The normalized spacial score (nSPS) is 9.86. The van der Waals surface area contributed by atoms with Crippen molar-refractivity contribution in [1.82, 2.24) is 10.6 Å². The van der Waals surface area contributed by atoms with Gasteiger partial charge in [-0.1, -0.05) is 32.6 Å². The standard InChI is InChI=1S/C11H26N2.HI.2H2/c1-3-13-11-9-7-5-4-6-8-10-12-2;;;/h12-13H,3-11H2,1-2H3;3*1H. The van der Waals surface area contributed by atoms with Crippen molar-refractivity contribution in [2.45, 2.75) is 45.4 Å². The Hall–Kier alpha value is 0.650. The third-order valence-corrected chi connectivity index (χ3v) is 2.28. The molecule has 0 atom stereocenters. The molecule has 0 saturated heterocycles. The number of hydrogen-bond acceptors (Lipinski definition) is 2. The first-order chi connectivity index (χ1) is 6.41. The molecule has 92 valence electrons. The highest BCUT2D eigenvalue weighted by atomic mass is 127. The Balaban J connectivity index is -0.000000240. The summed E-state index contributed by atoms with van der Waals surface area (Å²) >= 11 is 0. The molecule has 0 aromatic carbocycles. The van der Waals surface area contributed by atoms with Gasteiger partial charge in [-0.05, 0) is 39.5 Å². The van der Waals surface area contributed by atoms with E-state index < -0.39 is 0 Å². The van der Waals surface area contributed by atoms with Crippen LogP contribution in [0, 0.1) is 0 Å². The zero-order chi connectivity index (χ0) is 9.78. The fraction of sp³-hybridized carbons (Fsp3) is 1.00. The second kappa shape index (κ2) is 16.1. The summed E-state index contributed by atoms with van der Waals surface area (Å²) in [6.45, 7) is 5.66. The Morgan fingerprint density at radius 2 is 1.36 bits per heavy atom. The molecule has 0 heterocycles. The van der Waals surface area contributed by atoms with Crippen LogP contribution in [0.1, 0.15) is 48.3 Å². The van der Waals surface area contributed by atoms with Crippen molar-refractivity contribution in [3.05, 3.63) is 0 Å². The molecule has 0 bridgehead atoms. The smallest absolute Gasteiger partial charge is 0 e. The van der Waals surface area contributed by atoms with Gasteiger partial charge in [0.05, 0.1) is 0 Å². The molecule has 0 amide bonds. The monoisotopic (exact) mass is 318 g/mol. The SMILES string of the molecule is CCNCCCCCCCCNC.I.[HH].[HH]. The van der Waals surface area contributed by atoms with Crippen LogP contribution >= 0.6 is 24.0 Å². The highest BCUT2D eigenvalue weighted by Crippen LogP contribution is 2.03. The van der Waals surface area contributed by atoms with Crippen molar-refractivity contribution in [3.63, 3.8) is 0 Å². The van der Waals surface area contributed by atoms with Gasteiger partial charge in [0.25, 0.3) is 0 Å². The summed E-state index contributed by atoms with van der Waals surface area (Å²) in [5, 5.41) is 6.53. The summed E-state index contributed by atoms with van der Waals surface area (Å²) < 4.78 is 0. The van der Waals surface area contributed by atoms with E-state index in [4.69, 9.17) is 0 Å². The van der Waals surface area contributed by atoms with Crippen molar-refractivity contribution >= 4 is 24.0 Å². The maximum atomic E-state index is 3.35. The molecule has 0 unspecified atom stereocenters. The zero-order valence-electron chi connectivity index (χ0n) is 9.77. The van der Waals surface area contributed by atoms with E-state index in [0.717, 1.165) is 6.54 Å². The summed E-state index contributed by atoms with van der Waals surface area (Å²) in [4.78, 5) is 0. The van der Waals surface area contributed by atoms with E-state index in [1.54, 1.807) is 0 Å². The number of unbranched alkanes of at least 4 members (excludes halogenated alkanes) is 5. The van der Waals surface area contributed by atoms with Crippen LogP contribution in [0.5, 0.6) is 0 Å². The lowest BCUT2D eigenvalue weighted by molar-refractivity contribution is 0.564. The summed E-state index contributed by atoms with van der Waals surface area (Å²) in [5.41, 5.74) is 0. The molecule has 0 spiro atoms. The van der Waals surface area contributed by atoms with Crippen LogP contribution in [0.15, 0.2) is 0 Å². The van der Waals surface area contributed by atoms with Gasteiger partial charge in [0, 0.05) is 2.85 Å². The first-order valence-electron chi connectivity index (χ1n) is 5.77. The Morgan fingerprint density at radius 1 is 0.857 bits per heavy atom. The van der Waals surface area contributed by atoms with Crippen LogP contribution in [0.4, 0.5) is 0 Å². The molecule has 0 radical (unpaired) electrons. The van der Waals surface area contributed by atoms with Crippen LogP contribution in [0.3, 0.4) is 0 Å². The van der Waals surface area contributed by atoms with Crippen molar-refractivity contribution in [2.75, 3.05) is 26.7 Å². The van der Waals surface area contributed by atoms with Gasteiger partial charge in [-0.15, -0.1) is 24.0 Å². The molecule has 14 heavy (non-hydrogen) atoms. The molecule has 0 aromatic rings. The molecular formula is C11H31IN2. The van der Waals surface area contributed by atoms with Gasteiger partial charge < -0.3 is 10.6 Å². The van der Waals surface area contributed by atoms with Gasteiger partial charge in [-0.3, -0.25) is 0 Å². The van der Waals surface area contributed by atoms with Crippen molar-refractivity contribution in [1.29, 1.82) is 0 Å². The summed E-state index contributed by atoms with van der Waals surface area (Å²) in [6, 6.07) is 0. The fourth-order valence-electron chi connectivity index (χ4n) is 1.44. The number of hydrogen-bond donors (Lipinski definition) is 2. The van der Waals surface area contributed by atoms with Crippen LogP contribution in [0.2, 0.25) is 0 Å². The van der Waals surface area contributed by atoms with Gasteiger partial charge in [-0.25, -0.2) is 0 Å². The second-order valence-electron chi connectivity index (χ2n) is 3.58. The highest BCUT2D eigenvalue weighted by molar-refractivity contribution is 14.0. The van der Waals surface area contributed by atoms with Crippen molar-refractivity contribution < 1.29 is 2.85 Å². The van der Waals surface area contributed by atoms with E-state index in [2.05, 4.69) is 17.6 Å². The lowest BCUT2D eigenvalue weighted by Crippen LogP contribution is -2.13. The van der Waals surface area contributed by atoms with Crippen LogP contribution in [-0.4, -0.2) is 26.7 Å². The molecule has 3 heteroatoms. The second-order valence-corrected chi connectivity index (χ2v) is 3.58. The van der Waals surface area contributed by atoms with Gasteiger partial charge in [0.1, 0.15) is 0 Å². The average Bonchev–Trinajstić information content (AvgIpc) is 2.16. The minimum absolute atomic E-state index is 0. The Bertz CT molecular complexity index is 88.1. The molecular weight excluding hydrogens is 287 g/mol. The first kappa shape index (κ1) is 17.1. The molecule has 0 aliphatic carbocycles. The van der Waals surface area contributed by atoms with E-state index in [0.29, 0.717) is 0 Å². The topological polar surface area (TPSA) is 24.1 Å². The van der Waals surface area contributed by atoms with Crippen molar-refractivity contribution in [3.8, 4) is 0 Å². The van der Waals surface area contributed by atoms with E-state index in [1.807, 2.05) is 7.05 Å². The van der Waals surface area contributed by atoms with Crippen molar-refractivity contribution in [2.24, 2.45) is 0 Å². The Labute approximate surface area is 110 Å². The summed E-state index contributed by atoms with van der Waals surface area (Å²) in [5.74, 6) is 0. The van der Waals surface area contributed by atoms with E-state index in [9.17, 15) is 0 Å². The minimum atomic E-state index is 0. The quantitative estimate of drug-likeness (QED) is 0.477. The first-order valence-corrected chi connectivity index (χ1v) is 5.77. The lowest BCUT2D eigenvalue weighted by atomic mass is 10.1. The number of rotatable bonds is 10. The molecule has 0 aliphatic heterocycles.